The molecule has 1 amide bonds. The summed E-state index contributed by atoms with van der Waals surface area (Å²) in [6.07, 6.45) is 0. The fraction of sp³-hybridized carbons (Fsp3) is 0.412. The maximum atomic E-state index is 12.5. The van der Waals surface area contributed by atoms with Crippen LogP contribution in [0, 0.1) is 0 Å². The Hall–Kier alpha value is -2.34. The molecule has 1 heterocycles. The number of amides is 1. The zero-order valence-electron chi connectivity index (χ0n) is 13.7. The van der Waals surface area contributed by atoms with E-state index in [0.717, 1.165) is 5.69 Å². The zero-order chi connectivity index (χ0) is 16.8. The van der Waals surface area contributed by atoms with Crippen LogP contribution >= 0.6 is 0 Å². The van der Waals surface area contributed by atoms with Crippen molar-refractivity contribution in [2.45, 2.75) is 33.2 Å². The Kier molecular flexibility index (Phi) is 5.76. The van der Waals surface area contributed by atoms with Crippen LogP contribution in [-0.2, 0) is 6.54 Å². The van der Waals surface area contributed by atoms with Gasteiger partial charge in [-0.05, 0) is 43.2 Å². The van der Waals surface area contributed by atoms with Gasteiger partial charge < -0.3 is 15.2 Å². The Labute approximate surface area is 136 Å². The van der Waals surface area contributed by atoms with Crippen molar-refractivity contribution in [3.05, 3.63) is 41.7 Å². The second kappa shape index (κ2) is 7.78. The van der Waals surface area contributed by atoms with Crippen LogP contribution in [0.2, 0.25) is 0 Å². The topological polar surface area (TPSA) is 76.4 Å². The van der Waals surface area contributed by atoms with Crippen LogP contribution in [0.4, 0.5) is 5.69 Å². The molecule has 0 unspecified atom stereocenters. The lowest BCUT2D eigenvalue weighted by atomic mass is 10.1. The molecule has 0 fully saturated rings. The van der Waals surface area contributed by atoms with E-state index < -0.39 is 0 Å². The van der Waals surface area contributed by atoms with E-state index >= 15 is 0 Å². The molecule has 6 nitrogen and oxygen atoms in total. The van der Waals surface area contributed by atoms with Gasteiger partial charge in [0.25, 0.3) is 5.91 Å². The number of carbonyl (C=O) groups excluding carboxylic acids is 1. The minimum Gasteiger partial charge on any atom is -0.491 e. The third-order valence-electron chi connectivity index (χ3n) is 3.39. The van der Waals surface area contributed by atoms with Gasteiger partial charge in [0.2, 0.25) is 0 Å². The maximum Gasteiger partial charge on any atom is 0.273 e. The highest BCUT2D eigenvalue weighted by atomic mass is 16.5. The van der Waals surface area contributed by atoms with Gasteiger partial charge in [0.05, 0.1) is 12.3 Å². The van der Waals surface area contributed by atoms with Crippen molar-refractivity contribution < 1.29 is 14.6 Å². The predicted octanol–water partition coefficient (Wildman–Crippen LogP) is 2.65. The highest BCUT2D eigenvalue weighted by molar-refractivity contribution is 6.03. The Balaban J connectivity index is 2.09. The first-order valence-corrected chi connectivity index (χ1v) is 7.78. The Morgan fingerprint density at radius 2 is 2.04 bits per heavy atom. The monoisotopic (exact) mass is 317 g/mol. The van der Waals surface area contributed by atoms with E-state index in [4.69, 9.17) is 9.84 Å². The lowest BCUT2D eigenvalue weighted by Gasteiger charge is -2.08. The van der Waals surface area contributed by atoms with Crippen LogP contribution in [0.1, 0.15) is 42.9 Å². The van der Waals surface area contributed by atoms with Crippen molar-refractivity contribution in [1.29, 1.82) is 0 Å². The van der Waals surface area contributed by atoms with Gasteiger partial charge in [-0.15, -0.1) is 0 Å². The number of anilines is 1. The molecule has 0 aliphatic heterocycles. The van der Waals surface area contributed by atoms with Crippen LogP contribution in [0.25, 0.3) is 0 Å². The number of aliphatic hydroxyl groups is 1. The molecule has 1 aromatic heterocycles. The number of benzene rings is 1. The van der Waals surface area contributed by atoms with Crippen molar-refractivity contribution in [2.24, 2.45) is 0 Å². The van der Waals surface area contributed by atoms with Crippen LogP contribution in [-0.4, -0.2) is 34.0 Å². The first kappa shape index (κ1) is 17.0. The van der Waals surface area contributed by atoms with Gasteiger partial charge in [-0.2, -0.15) is 5.10 Å². The number of nitrogens with zero attached hydrogens (tertiary/aromatic N) is 2. The number of hydrogen-bond donors (Lipinski definition) is 2. The SMILES string of the molecule is CCn1nc(C(C)C)cc1C(=O)Nc1ccc(OCCO)cc1. The van der Waals surface area contributed by atoms with E-state index in [-0.39, 0.29) is 25.0 Å². The van der Waals surface area contributed by atoms with Crippen molar-refractivity contribution >= 4 is 11.6 Å². The second-order valence-corrected chi connectivity index (χ2v) is 5.48. The summed E-state index contributed by atoms with van der Waals surface area (Å²) in [5.74, 6) is 0.741. The summed E-state index contributed by atoms with van der Waals surface area (Å²) in [6.45, 7) is 6.92. The maximum absolute atomic E-state index is 12.5. The lowest BCUT2D eigenvalue weighted by Crippen LogP contribution is -2.17. The van der Waals surface area contributed by atoms with E-state index in [1.807, 2.05) is 13.0 Å². The Morgan fingerprint density at radius 1 is 1.35 bits per heavy atom. The molecule has 0 bridgehead atoms. The first-order valence-electron chi connectivity index (χ1n) is 7.78. The summed E-state index contributed by atoms with van der Waals surface area (Å²) < 4.78 is 7.00. The predicted molar refractivity (Wildman–Crippen MR) is 89.0 cm³/mol. The molecule has 0 atom stereocenters. The molecule has 0 spiro atoms. The molecular weight excluding hydrogens is 294 g/mol. The number of aromatic nitrogens is 2. The number of rotatable bonds is 7. The second-order valence-electron chi connectivity index (χ2n) is 5.48. The van der Waals surface area contributed by atoms with E-state index in [1.165, 1.54) is 0 Å². The molecule has 0 aliphatic rings. The van der Waals surface area contributed by atoms with Gasteiger partial charge in [-0.1, -0.05) is 13.8 Å². The Morgan fingerprint density at radius 3 is 2.61 bits per heavy atom. The quantitative estimate of drug-likeness (QED) is 0.823. The summed E-state index contributed by atoms with van der Waals surface area (Å²) in [7, 11) is 0. The Bertz CT molecular complexity index is 648. The summed E-state index contributed by atoms with van der Waals surface area (Å²) >= 11 is 0. The number of aliphatic hydroxyl groups excluding tert-OH is 1. The normalized spacial score (nSPS) is 10.8. The average Bonchev–Trinajstić information content (AvgIpc) is 2.99. The van der Waals surface area contributed by atoms with Gasteiger partial charge in [0.15, 0.2) is 0 Å². The standard InChI is InChI=1S/C17H23N3O3/c1-4-20-16(11-15(19-20)12(2)3)17(22)18-13-5-7-14(8-6-13)23-10-9-21/h5-8,11-12,21H,4,9-10H2,1-3H3,(H,18,22). The molecule has 2 aromatic rings. The number of aryl methyl sites for hydroxylation is 1. The van der Waals surface area contributed by atoms with Crippen molar-refractivity contribution in [3.63, 3.8) is 0 Å². The van der Waals surface area contributed by atoms with E-state index in [2.05, 4.69) is 24.3 Å². The smallest absolute Gasteiger partial charge is 0.273 e. The molecule has 2 N–H and O–H groups in total. The van der Waals surface area contributed by atoms with Crippen LogP contribution in [0.5, 0.6) is 5.75 Å². The van der Waals surface area contributed by atoms with Gasteiger partial charge >= 0.3 is 0 Å². The van der Waals surface area contributed by atoms with Crippen LogP contribution in [0.15, 0.2) is 30.3 Å². The van der Waals surface area contributed by atoms with E-state index in [9.17, 15) is 4.79 Å². The van der Waals surface area contributed by atoms with Gasteiger partial charge in [-0.3, -0.25) is 9.48 Å². The summed E-state index contributed by atoms with van der Waals surface area (Å²) in [6, 6.07) is 8.87. The first-order chi connectivity index (χ1) is 11.0. The minimum atomic E-state index is -0.185. The molecule has 124 valence electrons. The molecule has 6 heteroatoms. The number of nitrogens with one attached hydrogen (secondary N) is 1. The van der Waals surface area contributed by atoms with Gasteiger partial charge in [0, 0.05) is 12.2 Å². The summed E-state index contributed by atoms with van der Waals surface area (Å²) in [5.41, 5.74) is 2.14. The van der Waals surface area contributed by atoms with E-state index in [1.54, 1.807) is 28.9 Å². The summed E-state index contributed by atoms with van der Waals surface area (Å²) in [4.78, 5) is 12.5. The van der Waals surface area contributed by atoms with Crippen LogP contribution < -0.4 is 10.1 Å². The largest absolute Gasteiger partial charge is 0.491 e. The van der Waals surface area contributed by atoms with Crippen molar-refractivity contribution in [3.8, 4) is 5.75 Å². The number of carbonyl (C=O) groups is 1. The molecule has 23 heavy (non-hydrogen) atoms. The highest BCUT2D eigenvalue weighted by Crippen LogP contribution is 2.18. The fourth-order valence-corrected chi connectivity index (χ4v) is 2.14. The number of hydrogen-bond acceptors (Lipinski definition) is 4. The average molecular weight is 317 g/mol. The van der Waals surface area contributed by atoms with Gasteiger partial charge in [0.1, 0.15) is 18.1 Å². The molecule has 0 saturated carbocycles. The highest BCUT2D eigenvalue weighted by Gasteiger charge is 2.16. The fourth-order valence-electron chi connectivity index (χ4n) is 2.14. The third-order valence-corrected chi connectivity index (χ3v) is 3.39. The van der Waals surface area contributed by atoms with Crippen molar-refractivity contribution in [2.75, 3.05) is 18.5 Å². The van der Waals surface area contributed by atoms with E-state index in [0.29, 0.717) is 23.7 Å². The summed E-state index contributed by atoms with van der Waals surface area (Å²) in [5, 5.41) is 16.0. The molecular formula is C17H23N3O3. The molecule has 0 radical (unpaired) electrons. The zero-order valence-corrected chi connectivity index (χ0v) is 13.7. The molecule has 0 aliphatic carbocycles. The lowest BCUT2D eigenvalue weighted by molar-refractivity contribution is 0.101. The molecule has 1 aromatic carbocycles. The minimum absolute atomic E-state index is 0.0301. The molecule has 0 saturated heterocycles. The molecule has 2 rings (SSSR count). The number of ether oxygens (including phenoxy) is 1. The van der Waals surface area contributed by atoms with Gasteiger partial charge in [-0.25, -0.2) is 0 Å². The van der Waals surface area contributed by atoms with Crippen LogP contribution in [0.3, 0.4) is 0 Å². The van der Waals surface area contributed by atoms with Crippen molar-refractivity contribution in [1.82, 2.24) is 9.78 Å². The third kappa shape index (κ3) is 4.32.